The summed E-state index contributed by atoms with van der Waals surface area (Å²) < 4.78 is 1.78. The average molecular weight is 304 g/mol. The number of amides is 1. The lowest BCUT2D eigenvalue weighted by Gasteiger charge is -2.18. The Kier molecular flexibility index (Phi) is 3.19. The summed E-state index contributed by atoms with van der Waals surface area (Å²) in [4.78, 5) is 12.6. The number of hydrogen-bond donors (Lipinski definition) is 1. The van der Waals surface area contributed by atoms with E-state index in [-0.39, 0.29) is 11.4 Å². The van der Waals surface area contributed by atoms with Gasteiger partial charge in [0.25, 0.3) is 5.91 Å². The maximum Gasteiger partial charge on any atom is 0.252 e. The van der Waals surface area contributed by atoms with E-state index in [0.717, 1.165) is 18.5 Å². The van der Waals surface area contributed by atoms with Crippen molar-refractivity contribution in [2.45, 2.75) is 18.4 Å². The smallest absolute Gasteiger partial charge is 0.252 e. The molecule has 0 atom stereocenters. The van der Waals surface area contributed by atoms with Gasteiger partial charge in [0.2, 0.25) is 0 Å². The number of nitrogens with zero attached hydrogens (tertiary/aromatic N) is 3. The fourth-order valence-corrected chi connectivity index (χ4v) is 2.80. The Morgan fingerprint density at radius 2 is 1.74 bits per heavy atom. The first-order valence-electron chi connectivity index (χ1n) is 7.60. The van der Waals surface area contributed by atoms with Crippen LogP contribution in [0.5, 0.6) is 0 Å². The molecule has 5 heteroatoms. The molecule has 1 aliphatic carbocycles. The van der Waals surface area contributed by atoms with Crippen LogP contribution in [0.2, 0.25) is 0 Å². The number of carbonyl (C=O) groups is 1. The molecule has 23 heavy (non-hydrogen) atoms. The molecule has 0 unspecified atom stereocenters. The van der Waals surface area contributed by atoms with E-state index in [4.69, 9.17) is 0 Å². The molecule has 0 saturated heterocycles. The van der Waals surface area contributed by atoms with Gasteiger partial charge in [-0.1, -0.05) is 36.4 Å². The van der Waals surface area contributed by atoms with Crippen molar-refractivity contribution in [2.75, 3.05) is 0 Å². The normalized spacial score (nSPS) is 15.1. The zero-order valence-electron chi connectivity index (χ0n) is 12.5. The summed E-state index contributed by atoms with van der Waals surface area (Å²) in [5.74, 6) is -0.0544. The highest BCUT2D eigenvalue weighted by Crippen LogP contribution is 2.45. The molecule has 1 fully saturated rings. The molecule has 1 aliphatic rings. The van der Waals surface area contributed by atoms with Crippen molar-refractivity contribution < 1.29 is 4.79 Å². The highest BCUT2D eigenvalue weighted by atomic mass is 16.1. The molecule has 114 valence electrons. The molecule has 1 saturated carbocycles. The summed E-state index contributed by atoms with van der Waals surface area (Å²) in [6.07, 6.45) is 5.19. The summed E-state index contributed by atoms with van der Waals surface area (Å²) in [6.45, 7) is 0. The zero-order chi connectivity index (χ0) is 15.7. The monoisotopic (exact) mass is 304 g/mol. The van der Waals surface area contributed by atoms with Gasteiger partial charge in [-0.15, -0.1) is 10.2 Å². The fourth-order valence-electron chi connectivity index (χ4n) is 2.80. The number of rotatable bonds is 4. The van der Waals surface area contributed by atoms with E-state index in [9.17, 15) is 4.79 Å². The van der Waals surface area contributed by atoms with Crippen LogP contribution in [0.4, 0.5) is 0 Å². The van der Waals surface area contributed by atoms with Crippen LogP contribution in [0.25, 0.3) is 5.69 Å². The Morgan fingerprint density at radius 1 is 1.00 bits per heavy atom. The molecule has 1 aromatic heterocycles. The number of hydrogen-bond acceptors (Lipinski definition) is 3. The lowest BCUT2D eigenvalue weighted by atomic mass is 10.0. The Hall–Kier alpha value is -2.95. The average Bonchev–Trinajstić information content (AvgIpc) is 3.18. The number of aromatic nitrogens is 3. The lowest BCUT2D eigenvalue weighted by Crippen LogP contribution is -2.34. The summed E-state index contributed by atoms with van der Waals surface area (Å²) >= 11 is 0. The first-order chi connectivity index (χ1) is 11.3. The molecule has 0 radical (unpaired) electrons. The van der Waals surface area contributed by atoms with Crippen molar-refractivity contribution in [2.24, 2.45) is 0 Å². The lowest BCUT2D eigenvalue weighted by molar-refractivity contribution is 0.0931. The van der Waals surface area contributed by atoms with Crippen LogP contribution in [0.1, 0.15) is 28.8 Å². The van der Waals surface area contributed by atoms with E-state index < -0.39 is 0 Å². The molecular weight excluding hydrogens is 288 g/mol. The molecule has 5 nitrogen and oxygen atoms in total. The van der Waals surface area contributed by atoms with Crippen LogP contribution in [-0.4, -0.2) is 20.7 Å². The Bertz CT molecular complexity index is 823. The molecule has 3 aromatic rings. The Morgan fingerprint density at radius 3 is 2.43 bits per heavy atom. The van der Waals surface area contributed by atoms with E-state index >= 15 is 0 Å². The number of carbonyl (C=O) groups excluding carboxylic acids is 1. The number of benzene rings is 2. The van der Waals surface area contributed by atoms with Crippen LogP contribution >= 0.6 is 0 Å². The molecule has 1 amide bonds. The van der Waals surface area contributed by atoms with Crippen molar-refractivity contribution in [3.63, 3.8) is 0 Å². The first-order valence-corrected chi connectivity index (χ1v) is 7.60. The molecule has 0 aliphatic heterocycles. The van der Waals surface area contributed by atoms with Crippen molar-refractivity contribution in [3.8, 4) is 5.69 Å². The third-order valence-corrected chi connectivity index (χ3v) is 4.25. The second kappa shape index (κ2) is 5.35. The minimum absolute atomic E-state index is 0.0544. The van der Waals surface area contributed by atoms with Gasteiger partial charge in [-0.3, -0.25) is 9.36 Å². The van der Waals surface area contributed by atoms with Gasteiger partial charge in [0.15, 0.2) is 0 Å². The van der Waals surface area contributed by atoms with Crippen molar-refractivity contribution in [3.05, 3.63) is 78.4 Å². The van der Waals surface area contributed by atoms with Gasteiger partial charge in [0.1, 0.15) is 12.7 Å². The van der Waals surface area contributed by atoms with Gasteiger partial charge in [-0.05, 0) is 36.6 Å². The molecular formula is C18H16N4O. The summed E-state index contributed by atoms with van der Waals surface area (Å²) in [7, 11) is 0. The van der Waals surface area contributed by atoms with Crippen molar-refractivity contribution >= 4 is 5.91 Å². The van der Waals surface area contributed by atoms with Crippen LogP contribution in [0.15, 0.2) is 67.3 Å². The van der Waals surface area contributed by atoms with Gasteiger partial charge in [-0.2, -0.15) is 0 Å². The predicted octanol–water partition coefficient (Wildman–Crippen LogP) is 2.69. The topological polar surface area (TPSA) is 59.8 Å². The SMILES string of the molecule is O=C(NC1(c2ccccc2)CC1)c1cccc(-n2cnnc2)c1. The first kappa shape index (κ1) is 13.7. The highest BCUT2D eigenvalue weighted by molar-refractivity contribution is 5.95. The van der Waals surface area contributed by atoms with Crippen LogP contribution in [0, 0.1) is 0 Å². The molecule has 0 spiro atoms. The molecule has 2 aromatic carbocycles. The molecule has 0 bridgehead atoms. The van der Waals surface area contributed by atoms with E-state index in [0.29, 0.717) is 5.56 Å². The maximum atomic E-state index is 12.6. The van der Waals surface area contributed by atoms with Gasteiger partial charge in [-0.25, -0.2) is 0 Å². The Balaban J connectivity index is 1.57. The largest absolute Gasteiger partial charge is 0.343 e. The molecule has 4 rings (SSSR count). The minimum atomic E-state index is -0.203. The van der Waals surface area contributed by atoms with Gasteiger partial charge < -0.3 is 5.32 Å². The van der Waals surface area contributed by atoms with E-state index in [2.05, 4.69) is 27.6 Å². The third-order valence-electron chi connectivity index (χ3n) is 4.25. The highest BCUT2D eigenvalue weighted by Gasteiger charge is 2.45. The fraction of sp³-hybridized carbons (Fsp3) is 0.167. The standard InChI is InChI=1S/C18H16N4O/c23-17(21-18(9-10-18)15-6-2-1-3-7-15)14-5-4-8-16(11-14)22-12-19-20-13-22/h1-8,11-13H,9-10H2,(H,21,23). The van der Waals surface area contributed by atoms with Crippen LogP contribution < -0.4 is 5.32 Å². The third kappa shape index (κ3) is 2.61. The van der Waals surface area contributed by atoms with Crippen LogP contribution in [-0.2, 0) is 5.54 Å². The van der Waals surface area contributed by atoms with Crippen molar-refractivity contribution in [1.29, 1.82) is 0 Å². The maximum absolute atomic E-state index is 12.6. The second-order valence-corrected chi connectivity index (χ2v) is 5.82. The van der Waals surface area contributed by atoms with Gasteiger partial charge in [0.05, 0.1) is 5.54 Å². The Labute approximate surface area is 134 Å². The number of nitrogens with one attached hydrogen (secondary N) is 1. The van der Waals surface area contributed by atoms with E-state index in [1.54, 1.807) is 17.2 Å². The van der Waals surface area contributed by atoms with Crippen LogP contribution in [0.3, 0.4) is 0 Å². The second-order valence-electron chi connectivity index (χ2n) is 5.82. The summed E-state index contributed by atoms with van der Waals surface area (Å²) in [5, 5.41) is 10.8. The summed E-state index contributed by atoms with van der Waals surface area (Å²) in [6, 6.07) is 17.6. The summed E-state index contributed by atoms with van der Waals surface area (Å²) in [5.41, 5.74) is 2.47. The van der Waals surface area contributed by atoms with E-state index in [1.165, 1.54) is 5.56 Å². The molecule has 1 N–H and O–H groups in total. The van der Waals surface area contributed by atoms with Crippen molar-refractivity contribution in [1.82, 2.24) is 20.1 Å². The zero-order valence-corrected chi connectivity index (χ0v) is 12.5. The molecule has 1 heterocycles. The predicted molar refractivity (Wildman–Crippen MR) is 86.2 cm³/mol. The van der Waals surface area contributed by atoms with Gasteiger partial charge >= 0.3 is 0 Å². The minimum Gasteiger partial charge on any atom is -0.343 e. The van der Waals surface area contributed by atoms with E-state index in [1.807, 2.05) is 42.5 Å². The quantitative estimate of drug-likeness (QED) is 0.806. The van der Waals surface area contributed by atoms with Gasteiger partial charge in [0, 0.05) is 11.3 Å².